The Morgan fingerprint density at radius 3 is 2.84 bits per heavy atom. The third-order valence-corrected chi connectivity index (χ3v) is 4.79. The summed E-state index contributed by atoms with van der Waals surface area (Å²) in [4.78, 5) is 17.5. The van der Waals surface area contributed by atoms with Gasteiger partial charge in [0.1, 0.15) is 12.4 Å². The number of ether oxygens (including phenoxy) is 1. The molecule has 2 aromatic heterocycles. The highest BCUT2D eigenvalue weighted by Crippen LogP contribution is 2.31. The van der Waals surface area contributed by atoms with Crippen molar-refractivity contribution in [1.82, 2.24) is 14.6 Å². The van der Waals surface area contributed by atoms with Gasteiger partial charge in [0.25, 0.3) is 0 Å². The van der Waals surface area contributed by atoms with E-state index in [4.69, 9.17) is 4.74 Å². The van der Waals surface area contributed by atoms with Crippen LogP contribution in [-0.2, 0) is 10.9 Å². The van der Waals surface area contributed by atoms with Crippen molar-refractivity contribution in [2.75, 3.05) is 5.32 Å². The number of hydrogen-bond donors (Lipinski definition) is 1. The summed E-state index contributed by atoms with van der Waals surface area (Å²) in [6.45, 7) is 3.49. The number of benzene rings is 1. The van der Waals surface area contributed by atoms with E-state index in [1.807, 2.05) is 6.92 Å². The maximum absolute atomic E-state index is 12.7. The standard InChI is InChI=1S/C15H13F3N4O2S/c1-8-12(25-13-19-7-20-22(8)13)9(2)24-14(23)21-11-5-3-4-10(6-11)15(16,17)18/h3-7,9H,1-2H3,(H,21,23)/t9-/m1/s1. The average molecular weight is 370 g/mol. The van der Waals surface area contributed by atoms with Crippen molar-refractivity contribution < 1.29 is 22.7 Å². The lowest BCUT2D eigenvalue weighted by molar-refractivity contribution is -0.137. The molecule has 25 heavy (non-hydrogen) atoms. The Labute approximate surface area is 144 Å². The van der Waals surface area contributed by atoms with Gasteiger partial charge in [0.15, 0.2) is 0 Å². The molecule has 0 aliphatic heterocycles. The highest BCUT2D eigenvalue weighted by atomic mass is 32.1. The van der Waals surface area contributed by atoms with Crippen molar-refractivity contribution in [1.29, 1.82) is 0 Å². The topological polar surface area (TPSA) is 68.5 Å². The molecule has 1 N–H and O–H groups in total. The van der Waals surface area contributed by atoms with Crippen LogP contribution in [0.25, 0.3) is 4.96 Å². The second kappa shape index (κ2) is 6.36. The predicted molar refractivity (Wildman–Crippen MR) is 85.6 cm³/mol. The molecule has 1 aromatic carbocycles. The highest BCUT2D eigenvalue weighted by Gasteiger charge is 2.30. The Hall–Kier alpha value is -2.62. The van der Waals surface area contributed by atoms with E-state index in [0.717, 1.165) is 22.7 Å². The van der Waals surface area contributed by atoms with Crippen LogP contribution in [0.2, 0.25) is 0 Å². The fourth-order valence-corrected chi connectivity index (χ4v) is 3.33. The van der Waals surface area contributed by atoms with Gasteiger partial charge < -0.3 is 4.74 Å². The fraction of sp³-hybridized carbons (Fsp3) is 0.267. The lowest BCUT2D eigenvalue weighted by Crippen LogP contribution is -2.16. The smallest absolute Gasteiger partial charge is 0.416 e. The molecular weight excluding hydrogens is 357 g/mol. The number of nitrogens with one attached hydrogen (secondary N) is 1. The van der Waals surface area contributed by atoms with Gasteiger partial charge in [0, 0.05) is 5.69 Å². The molecule has 0 aliphatic carbocycles. The Bertz CT molecular complexity index is 919. The minimum atomic E-state index is -4.48. The molecule has 2 heterocycles. The van der Waals surface area contributed by atoms with Crippen LogP contribution >= 0.6 is 11.3 Å². The molecule has 1 amide bonds. The molecule has 0 saturated carbocycles. The number of nitrogens with zero attached hydrogens (tertiary/aromatic N) is 3. The van der Waals surface area contributed by atoms with Crippen molar-refractivity contribution in [2.24, 2.45) is 0 Å². The molecule has 0 spiro atoms. The largest absolute Gasteiger partial charge is 0.440 e. The zero-order valence-electron chi connectivity index (χ0n) is 13.2. The number of thiazole rings is 1. The van der Waals surface area contributed by atoms with Gasteiger partial charge >= 0.3 is 12.3 Å². The SMILES string of the molecule is Cc1c([C@@H](C)OC(=O)Nc2cccc(C(F)(F)F)c2)sc2ncnn12. The molecule has 0 radical (unpaired) electrons. The van der Waals surface area contributed by atoms with Gasteiger partial charge in [0.2, 0.25) is 4.96 Å². The van der Waals surface area contributed by atoms with Gasteiger partial charge in [-0.25, -0.2) is 14.3 Å². The Balaban J connectivity index is 1.70. The zero-order valence-corrected chi connectivity index (χ0v) is 14.0. The summed E-state index contributed by atoms with van der Waals surface area (Å²) in [6, 6.07) is 4.35. The number of rotatable bonds is 3. The monoisotopic (exact) mass is 370 g/mol. The quantitative estimate of drug-likeness (QED) is 0.741. The first-order chi connectivity index (χ1) is 11.8. The minimum Gasteiger partial charge on any atom is -0.440 e. The molecule has 1 atom stereocenters. The number of aryl methyl sites for hydroxylation is 1. The lowest BCUT2D eigenvalue weighted by Gasteiger charge is -2.14. The van der Waals surface area contributed by atoms with E-state index in [1.165, 1.54) is 29.8 Å². The summed E-state index contributed by atoms with van der Waals surface area (Å²) in [5.74, 6) is 0. The summed E-state index contributed by atoms with van der Waals surface area (Å²) >= 11 is 1.33. The normalized spacial score (nSPS) is 13.0. The number of alkyl halides is 3. The Kier molecular flexibility index (Phi) is 4.38. The van der Waals surface area contributed by atoms with Gasteiger partial charge in [-0.15, -0.1) is 0 Å². The van der Waals surface area contributed by atoms with E-state index in [1.54, 1.807) is 11.4 Å². The van der Waals surface area contributed by atoms with Crippen LogP contribution < -0.4 is 5.32 Å². The number of carbonyl (C=O) groups is 1. The number of amides is 1. The second-order valence-electron chi connectivity index (χ2n) is 5.26. The van der Waals surface area contributed by atoms with Gasteiger partial charge in [-0.05, 0) is 32.0 Å². The van der Waals surface area contributed by atoms with E-state index in [0.29, 0.717) is 4.96 Å². The average Bonchev–Trinajstić information content (AvgIpc) is 3.10. The molecule has 0 aliphatic rings. The van der Waals surface area contributed by atoms with Crippen LogP contribution in [0, 0.1) is 6.92 Å². The molecule has 0 unspecified atom stereocenters. The van der Waals surface area contributed by atoms with Crippen LogP contribution in [0.4, 0.5) is 23.7 Å². The maximum atomic E-state index is 12.7. The van der Waals surface area contributed by atoms with Crippen LogP contribution in [-0.4, -0.2) is 20.7 Å². The number of hydrogen-bond acceptors (Lipinski definition) is 5. The number of halogens is 3. The lowest BCUT2D eigenvalue weighted by atomic mass is 10.2. The summed E-state index contributed by atoms with van der Waals surface area (Å²) in [6.07, 6.45) is -4.50. The molecule has 0 saturated heterocycles. The van der Waals surface area contributed by atoms with Crippen LogP contribution in [0.15, 0.2) is 30.6 Å². The number of anilines is 1. The van der Waals surface area contributed by atoms with Crippen molar-refractivity contribution in [3.05, 3.63) is 46.7 Å². The van der Waals surface area contributed by atoms with Crippen LogP contribution in [0.5, 0.6) is 0 Å². The third-order valence-electron chi connectivity index (χ3n) is 3.48. The van der Waals surface area contributed by atoms with Gasteiger partial charge in [0.05, 0.1) is 16.1 Å². The summed E-state index contributed by atoms with van der Waals surface area (Å²) < 4.78 is 45.0. The maximum Gasteiger partial charge on any atom is 0.416 e. The molecule has 0 fully saturated rings. The van der Waals surface area contributed by atoms with E-state index >= 15 is 0 Å². The van der Waals surface area contributed by atoms with Crippen molar-refractivity contribution >= 4 is 28.1 Å². The van der Waals surface area contributed by atoms with E-state index in [-0.39, 0.29) is 5.69 Å². The molecule has 3 aromatic rings. The van der Waals surface area contributed by atoms with Gasteiger partial charge in [-0.2, -0.15) is 18.3 Å². The van der Waals surface area contributed by atoms with Crippen molar-refractivity contribution in [3.8, 4) is 0 Å². The third kappa shape index (κ3) is 3.58. The van der Waals surface area contributed by atoms with E-state index < -0.39 is 23.9 Å². The Morgan fingerprint density at radius 1 is 1.40 bits per heavy atom. The summed E-state index contributed by atoms with van der Waals surface area (Å²) in [5.41, 5.74) is -0.0528. The molecular formula is C15H13F3N4O2S. The highest BCUT2D eigenvalue weighted by molar-refractivity contribution is 7.17. The first-order valence-corrected chi connectivity index (χ1v) is 8.01. The first kappa shape index (κ1) is 17.2. The molecule has 0 bridgehead atoms. The van der Waals surface area contributed by atoms with E-state index in [9.17, 15) is 18.0 Å². The van der Waals surface area contributed by atoms with Crippen molar-refractivity contribution in [3.63, 3.8) is 0 Å². The summed E-state index contributed by atoms with van der Waals surface area (Å²) in [5, 5.41) is 6.36. The summed E-state index contributed by atoms with van der Waals surface area (Å²) in [7, 11) is 0. The van der Waals surface area contributed by atoms with Crippen LogP contribution in [0.3, 0.4) is 0 Å². The fourth-order valence-electron chi connectivity index (χ4n) is 2.32. The number of fused-ring (bicyclic) bond motifs is 1. The Morgan fingerprint density at radius 2 is 2.16 bits per heavy atom. The molecule has 6 nitrogen and oxygen atoms in total. The van der Waals surface area contributed by atoms with Gasteiger partial charge in [-0.3, -0.25) is 5.32 Å². The van der Waals surface area contributed by atoms with Crippen LogP contribution in [0.1, 0.15) is 29.2 Å². The first-order valence-electron chi connectivity index (χ1n) is 7.19. The minimum absolute atomic E-state index is 0.00592. The van der Waals surface area contributed by atoms with E-state index in [2.05, 4.69) is 15.4 Å². The van der Waals surface area contributed by atoms with Gasteiger partial charge in [-0.1, -0.05) is 17.4 Å². The molecule has 10 heteroatoms. The number of carbonyl (C=O) groups excluding carboxylic acids is 1. The molecule has 132 valence electrons. The van der Waals surface area contributed by atoms with Crippen molar-refractivity contribution in [2.45, 2.75) is 26.1 Å². The molecule has 3 rings (SSSR count). The predicted octanol–water partition coefficient (Wildman–Crippen LogP) is 4.43. The second-order valence-corrected chi connectivity index (χ2v) is 6.27. The number of aromatic nitrogens is 3. The zero-order chi connectivity index (χ0) is 18.2.